The third-order valence-electron chi connectivity index (χ3n) is 1.87. The van der Waals surface area contributed by atoms with Gasteiger partial charge in [0, 0.05) is 0 Å². The molecule has 15 heavy (non-hydrogen) atoms. The fraction of sp³-hybridized carbons (Fsp3) is 0.500. The molecule has 0 aromatic carbocycles. The molecule has 7 nitrogen and oxygen atoms in total. The molecule has 1 rings (SSSR count). The lowest BCUT2D eigenvalue weighted by atomic mass is 10.4. The summed E-state index contributed by atoms with van der Waals surface area (Å²) in [6.07, 6.45) is 2.45. The lowest BCUT2D eigenvalue weighted by Gasteiger charge is -2.18. The van der Waals surface area contributed by atoms with E-state index >= 15 is 0 Å². The summed E-state index contributed by atoms with van der Waals surface area (Å²) in [5.74, 6) is 0.383. The van der Waals surface area contributed by atoms with Crippen molar-refractivity contribution in [2.75, 3.05) is 36.9 Å². The van der Waals surface area contributed by atoms with E-state index in [0.29, 0.717) is 4.73 Å². The molecule has 0 saturated heterocycles. The van der Waals surface area contributed by atoms with Crippen LogP contribution in [0.25, 0.3) is 0 Å². The quantitative estimate of drug-likeness (QED) is 0.389. The Morgan fingerprint density at radius 1 is 1.40 bits per heavy atom. The van der Waals surface area contributed by atoms with E-state index in [1.807, 2.05) is 0 Å². The molecule has 0 radical (unpaired) electrons. The molecule has 0 atom stereocenters. The topological polar surface area (TPSA) is 110 Å². The number of hydrogen-bond acceptors (Lipinski definition) is 6. The summed E-state index contributed by atoms with van der Waals surface area (Å²) in [4.78, 5) is 5.30. The van der Waals surface area contributed by atoms with Crippen LogP contribution >= 0.6 is 0 Å². The molecule has 0 aliphatic heterocycles. The smallest absolute Gasteiger partial charge is 0.298 e. The number of aliphatic hydroxyl groups excluding tert-OH is 2. The van der Waals surface area contributed by atoms with Gasteiger partial charge in [0.1, 0.15) is 25.5 Å². The van der Waals surface area contributed by atoms with Crippen molar-refractivity contribution in [1.82, 2.24) is 4.98 Å². The van der Waals surface area contributed by atoms with Gasteiger partial charge >= 0.3 is 0 Å². The Morgan fingerprint density at radius 3 is 2.47 bits per heavy atom. The van der Waals surface area contributed by atoms with Crippen LogP contribution < -0.4 is 15.4 Å². The number of aromatic nitrogens is 2. The largest absolute Gasteiger partial charge is 0.710 e. The number of anilines is 2. The molecule has 1 heterocycles. The van der Waals surface area contributed by atoms with Gasteiger partial charge in [-0.1, -0.05) is 0 Å². The van der Waals surface area contributed by atoms with E-state index in [0.717, 1.165) is 6.20 Å². The summed E-state index contributed by atoms with van der Waals surface area (Å²) in [5.41, 5.74) is 5.33. The van der Waals surface area contributed by atoms with Gasteiger partial charge in [-0.3, -0.25) is 4.90 Å². The standard InChI is InChI=1S/C8H14N4O3/c9-7-6-12(15)8(5-10-7)11(1-3-13)2-4-14/h5-6,13-14H,1-4H2,(H2,9,10). The SMILES string of the molecule is Nc1c[n+]([O-])c(N(CCO)CCO)cn1. The minimum Gasteiger partial charge on any atom is -0.710 e. The summed E-state index contributed by atoms with van der Waals surface area (Å²) >= 11 is 0. The van der Waals surface area contributed by atoms with E-state index in [2.05, 4.69) is 4.98 Å². The minimum absolute atomic E-state index is 0.107. The molecule has 0 saturated carbocycles. The molecule has 84 valence electrons. The first-order valence-electron chi connectivity index (χ1n) is 4.50. The molecule has 0 amide bonds. The zero-order valence-electron chi connectivity index (χ0n) is 8.20. The van der Waals surface area contributed by atoms with Crippen molar-refractivity contribution in [3.8, 4) is 0 Å². The Bertz CT molecular complexity index is 315. The van der Waals surface area contributed by atoms with Gasteiger partial charge in [0.25, 0.3) is 5.82 Å². The maximum Gasteiger partial charge on any atom is 0.298 e. The first kappa shape index (κ1) is 11.5. The highest BCUT2D eigenvalue weighted by Gasteiger charge is 2.16. The van der Waals surface area contributed by atoms with Crippen molar-refractivity contribution in [2.45, 2.75) is 0 Å². The number of aliphatic hydroxyl groups is 2. The normalized spacial score (nSPS) is 10.3. The van der Waals surface area contributed by atoms with Gasteiger partial charge < -0.3 is 21.2 Å². The monoisotopic (exact) mass is 214 g/mol. The van der Waals surface area contributed by atoms with Gasteiger partial charge in [0.2, 0.25) is 0 Å². The number of rotatable bonds is 5. The van der Waals surface area contributed by atoms with Gasteiger partial charge in [-0.25, -0.2) is 9.71 Å². The Labute approximate surface area is 87.0 Å². The average molecular weight is 214 g/mol. The third kappa shape index (κ3) is 2.93. The Hall–Kier alpha value is -1.60. The van der Waals surface area contributed by atoms with Crippen molar-refractivity contribution in [1.29, 1.82) is 0 Å². The van der Waals surface area contributed by atoms with Crippen LogP contribution in [0.3, 0.4) is 0 Å². The van der Waals surface area contributed by atoms with E-state index in [4.69, 9.17) is 15.9 Å². The molecule has 1 aromatic heterocycles. The molecule has 0 aliphatic rings. The van der Waals surface area contributed by atoms with Gasteiger partial charge in [-0.05, 0) is 0 Å². The number of nitrogen functional groups attached to an aromatic ring is 1. The molecule has 1 aromatic rings. The molecule has 0 fully saturated rings. The molecule has 0 spiro atoms. The summed E-state index contributed by atoms with van der Waals surface area (Å²) in [6, 6.07) is 0. The van der Waals surface area contributed by atoms with Crippen LogP contribution in [-0.2, 0) is 0 Å². The predicted molar refractivity (Wildman–Crippen MR) is 54.0 cm³/mol. The predicted octanol–water partition coefficient (Wildman–Crippen LogP) is -1.91. The van der Waals surface area contributed by atoms with Crippen LogP contribution in [0.2, 0.25) is 0 Å². The van der Waals surface area contributed by atoms with Crippen molar-refractivity contribution >= 4 is 11.6 Å². The van der Waals surface area contributed by atoms with Gasteiger partial charge in [-0.2, -0.15) is 0 Å². The van der Waals surface area contributed by atoms with Crippen molar-refractivity contribution in [2.24, 2.45) is 0 Å². The summed E-state index contributed by atoms with van der Waals surface area (Å²) < 4.78 is 0.563. The lowest BCUT2D eigenvalue weighted by molar-refractivity contribution is -0.592. The van der Waals surface area contributed by atoms with Gasteiger partial charge in [-0.15, -0.1) is 0 Å². The molecule has 4 N–H and O–H groups in total. The summed E-state index contributed by atoms with van der Waals surface area (Å²) in [7, 11) is 0. The summed E-state index contributed by atoms with van der Waals surface area (Å²) in [5, 5.41) is 29.0. The van der Waals surface area contributed by atoms with Crippen molar-refractivity contribution in [3.63, 3.8) is 0 Å². The second-order valence-corrected chi connectivity index (χ2v) is 2.93. The maximum absolute atomic E-state index is 11.4. The molecule has 0 unspecified atom stereocenters. The highest BCUT2D eigenvalue weighted by molar-refractivity contribution is 5.33. The average Bonchev–Trinajstić information content (AvgIpc) is 2.17. The van der Waals surface area contributed by atoms with Crippen molar-refractivity contribution in [3.05, 3.63) is 17.6 Å². The Kier molecular flexibility index (Phi) is 4.07. The summed E-state index contributed by atoms with van der Waals surface area (Å²) in [6.45, 7) is 0.303. The van der Waals surface area contributed by atoms with E-state index in [-0.39, 0.29) is 37.9 Å². The highest BCUT2D eigenvalue weighted by Crippen LogP contribution is 2.06. The van der Waals surface area contributed by atoms with E-state index in [1.165, 1.54) is 11.1 Å². The minimum atomic E-state index is -0.107. The maximum atomic E-state index is 11.4. The number of nitrogens with two attached hydrogens (primary N) is 1. The van der Waals surface area contributed by atoms with Crippen LogP contribution in [0.4, 0.5) is 11.6 Å². The first-order chi connectivity index (χ1) is 7.19. The zero-order valence-corrected chi connectivity index (χ0v) is 8.20. The lowest BCUT2D eigenvalue weighted by Crippen LogP contribution is -2.41. The Morgan fingerprint density at radius 2 is 2.00 bits per heavy atom. The fourth-order valence-corrected chi connectivity index (χ4v) is 1.21. The van der Waals surface area contributed by atoms with E-state index in [1.54, 1.807) is 0 Å². The Balaban J connectivity index is 2.89. The second kappa shape index (κ2) is 5.32. The number of hydrogen-bond donors (Lipinski definition) is 3. The molecular weight excluding hydrogens is 200 g/mol. The van der Waals surface area contributed by atoms with Gasteiger partial charge in [0.05, 0.1) is 13.2 Å². The molecule has 0 aliphatic carbocycles. The molecular formula is C8H14N4O3. The highest BCUT2D eigenvalue weighted by atomic mass is 16.5. The molecule has 0 bridgehead atoms. The van der Waals surface area contributed by atoms with Crippen LogP contribution in [-0.4, -0.2) is 41.5 Å². The van der Waals surface area contributed by atoms with Gasteiger partial charge in [0.15, 0.2) is 5.82 Å². The molecule has 7 heteroatoms. The van der Waals surface area contributed by atoms with Crippen LogP contribution in [0.1, 0.15) is 0 Å². The second-order valence-electron chi connectivity index (χ2n) is 2.93. The van der Waals surface area contributed by atoms with E-state index in [9.17, 15) is 5.21 Å². The van der Waals surface area contributed by atoms with Crippen LogP contribution in [0, 0.1) is 5.21 Å². The first-order valence-corrected chi connectivity index (χ1v) is 4.50. The van der Waals surface area contributed by atoms with E-state index < -0.39 is 0 Å². The number of nitrogens with zero attached hydrogens (tertiary/aromatic N) is 3. The third-order valence-corrected chi connectivity index (χ3v) is 1.87. The zero-order chi connectivity index (χ0) is 11.3. The van der Waals surface area contributed by atoms with Crippen molar-refractivity contribution < 1.29 is 14.9 Å². The van der Waals surface area contributed by atoms with Crippen LogP contribution in [0.5, 0.6) is 0 Å². The van der Waals surface area contributed by atoms with Crippen LogP contribution in [0.15, 0.2) is 12.4 Å². The fourth-order valence-electron chi connectivity index (χ4n) is 1.21.